The molecule has 0 aromatic heterocycles. The van der Waals surface area contributed by atoms with Gasteiger partial charge in [-0.3, -0.25) is 14.5 Å². The van der Waals surface area contributed by atoms with Crippen LogP contribution < -0.4 is 10.6 Å². The molecule has 3 aromatic rings. The van der Waals surface area contributed by atoms with Crippen molar-refractivity contribution in [1.29, 1.82) is 5.26 Å². The molecule has 0 unspecified atom stereocenters. The first-order chi connectivity index (χ1) is 14.8. The maximum atomic E-state index is 13.1. The molecule has 0 bridgehead atoms. The molecule has 154 valence electrons. The van der Waals surface area contributed by atoms with E-state index in [-0.39, 0.29) is 10.6 Å². The van der Waals surface area contributed by atoms with Crippen molar-refractivity contribution in [1.82, 2.24) is 10.2 Å². The number of amides is 4. The summed E-state index contributed by atoms with van der Waals surface area (Å²) in [7, 11) is 0. The average molecular weight is 433 g/mol. The van der Waals surface area contributed by atoms with E-state index in [2.05, 4.69) is 10.6 Å². The van der Waals surface area contributed by atoms with Crippen molar-refractivity contribution in [3.63, 3.8) is 0 Å². The lowest BCUT2D eigenvalue weighted by Crippen LogP contribution is -2.42. The number of fused-ring (bicyclic) bond motifs is 1. The Morgan fingerprint density at radius 2 is 1.87 bits per heavy atom. The van der Waals surface area contributed by atoms with Crippen LogP contribution in [0.5, 0.6) is 0 Å². The topological polar surface area (TPSA) is 102 Å². The molecule has 0 radical (unpaired) electrons. The molecule has 3 aromatic carbocycles. The van der Waals surface area contributed by atoms with Gasteiger partial charge in [0.05, 0.1) is 10.6 Å². The lowest BCUT2D eigenvalue weighted by Gasteiger charge is -2.22. The molecule has 4 amide bonds. The quantitative estimate of drug-likeness (QED) is 0.612. The Hall–Kier alpha value is -3.89. The molecule has 1 aliphatic heterocycles. The van der Waals surface area contributed by atoms with Crippen LogP contribution in [-0.2, 0) is 15.1 Å². The molecule has 1 heterocycles. The largest absolute Gasteiger partial charge is 0.325 e. The predicted molar refractivity (Wildman–Crippen MR) is 116 cm³/mol. The number of carbonyl (C=O) groups is 3. The lowest BCUT2D eigenvalue weighted by molar-refractivity contribution is -0.133. The van der Waals surface area contributed by atoms with Crippen LogP contribution in [0.1, 0.15) is 18.1 Å². The number of hydrogen-bond donors (Lipinski definition) is 2. The molecule has 8 heteroatoms. The van der Waals surface area contributed by atoms with Gasteiger partial charge in [-0.2, -0.15) is 5.26 Å². The first-order valence-electron chi connectivity index (χ1n) is 9.45. The van der Waals surface area contributed by atoms with E-state index < -0.39 is 29.9 Å². The van der Waals surface area contributed by atoms with Gasteiger partial charge in [-0.15, -0.1) is 0 Å². The van der Waals surface area contributed by atoms with E-state index in [1.165, 1.54) is 18.2 Å². The van der Waals surface area contributed by atoms with Gasteiger partial charge < -0.3 is 10.6 Å². The van der Waals surface area contributed by atoms with E-state index in [1.807, 2.05) is 42.5 Å². The van der Waals surface area contributed by atoms with Crippen LogP contribution in [0.3, 0.4) is 0 Å². The van der Waals surface area contributed by atoms with Crippen molar-refractivity contribution >= 4 is 45.9 Å². The average Bonchev–Trinajstić information content (AvgIpc) is 2.97. The molecule has 1 saturated heterocycles. The van der Waals surface area contributed by atoms with Gasteiger partial charge in [-0.25, -0.2) is 4.79 Å². The van der Waals surface area contributed by atoms with Gasteiger partial charge in [0.25, 0.3) is 5.91 Å². The van der Waals surface area contributed by atoms with E-state index in [9.17, 15) is 14.4 Å². The molecular formula is C23H17ClN4O3. The zero-order valence-electron chi connectivity index (χ0n) is 16.5. The Kier molecular flexibility index (Phi) is 5.09. The molecule has 1 atom stereocenters. The SMILES string of the molecule is C[C@@]1(c2ccc3ccccc3c2)NC(=O)N(CC(=O)Nc2ccc(C#N)c(Cl)c2)C1=O. The van der Waals surface area contributed by atoms with Gasteiger partial charge in [0, 0.05) is 5.69 Å². The fraction of sp³-hybridized carbons (Fsp3) is 0.130. The van der Waals surface area contributed by atoms with E-state index in [0.717, 1.165) is 15.7 Å². The van der Waals surface area contributed by atoms with Gasteiger partial charge >= 0.3 is 6.03 Å². The number of nitrogens with one attached hydrogen (secondary N) is 2. The third-order valence-electron chi connectivity index (χ3n) is 5.28. The molecule has 4 rings (SSSR count). The summed E-state index contributed by atoms with van der Waals surface area (Å²) in [5, 5.41) is 16.4. The van der Waals surface area contributed by atoms with Crippen molar-refractivity contribution in [2.45, 2.75) is 12.5 Å². The number of urea groups is 1. The maximum Gasteiger partial charge on any atom is 0.325 e. The highest BCUT2D eigenvalue weighted by Crippen LogP contribution is 2.31. The number of anilines is 1. The molecule has 7 nitrogen and oxygen atoms in total. The van der Waals surface area contributed by atoms with Crippen LogP contribution in [-0.4, -0.2) is 29.3 Å². The van der Waals surface area contributed by atoms with Crippen molar-refractivity contribution in [2.75, 3.05) is 11.9 Å². The summed E-state index contributed by atoms with van der Waals surface area (Å²) in [4.78, 5) is 39.0. The van der Waals surface area contributed by atoms with Crippen molar-refractivity contribution in [3.8, 4) is 6.07 Å². The Balaban J connectivity index is 1.53. The minimum atomic E-state index is -1.28. The predicted octanol–water partition coefficient (Wildman–Crippen LogP) is 3.77. The second-order valence-corrected chi connectivity index (χ2v) is 7.77. The number of imide groups is 1. The summed E-state index contributed by atoms with van der Waals surface area (Å²) in [6, 6.07) is 19.0. The third kappa shape index (κ3) is 3.69. The summed E-state index contributed by atoms with van der Waals surface area (Å²) in [5.74, 6) is -1.08. The van der Waals surface area contributed by atoms with Crippen LogP contribution in [0.25, 0.3) is 10.8 Å². The number of rotatable bonds is 4. The third-order valence-corrected chi connectivity index (χ3v) is 5.59. The molecule has 0 saturated carbocycles. The van der Waals surface area contributed by atoms with Crippen LogP contribution in [0.4, 0.5) is 10.5 Å². The normalized spacial score (nSPS) is 18.0. The van der Waals surface area contributed by atoms with Gasteiger partial charge in [0.15, 0.2) is 0 Å². The van der Waals surface area contributed by atoms with Crippen molar-refractivity contribution in [3.05, 3.63) is 76.8 Å². The summed E-state index contributed by atoms with van der Waals surface area (Å²) in [6.07, 6.45) is 0. The van der Waals surface area contributed by atoms with Gasteiger partial charge in [-0.05, 0) is 47.5 Å². The van der Waals surface area contributed by atoms with E-state index in [0.29, 0.717) is 11.3 Å². The number of halogens is 1. The Morgan fingerprint density at radius 1 is 1.13 bits per heavy atom. The first-order valence-corrected chi connectivity index (χ1v) is 9.82. The summed E-state index contributed by atoms with van der Waals surface area (Å²) >= 11 is 5.97. The fourth-order valence-corrected chi connectivity index (χ4v) is 3.79. The highest BCUT2D eigenvalue weighted by atomic mass is 35.5. The fourth-order valence-electron chi connectivity index (χ4n) is 3.56. The molecular weight excluding hydrogens is 416 g/mol. The Bertz CT molecular complexity index is 1280. The second-order valence-electron chi connectivity index (χ2n) is 7.36. The van der Waals surface area contributed by atoms with Crippen LogP contribution >= 0.6 is 11.6 Å². The maximum absolute atomic E-state index is 13.1. The number of nitriles is 1. The molecule has 31 heavy (non-hydrogen) atoms. The van der Waals surface area contributed by atoms with E-state index >= 15 is 0 Å². The van der Waals surface area contributed by atoms with Crippen LogP contribution in [0.2, 0.25) is 5.02 Å². The first kappa shape index (κ1) is 20.4. The zero-order valence-corrected chi connectivity index (χ0v) is 17.2. The smallest absolute Gasteiger partial charge is 0.324 e. The highest BCUT2D eigenvalue weighted by molar-refractivity contribution is 6.32. The van der Waals surface area contributed by atoms with Crippen LogP contribution in [0.15, 0.2) is 60.7 Å². The van der Waals surface area contributed by atoms with Crippen molar-refractivity contribution < 1.29 is 14.4 Å². The number of nitrogens with zero attached hydrogens (tertiary/aromatic N) is 2. The Labute approximate surface area is 183 Å². The molecule has 0 spiro atoms. The molecule has 1 aliphatic rings. The number of benzene rings is 3. The minimum absolute atomic E-state index is 0.194. The van der Waals surface area contributed by atoms with Gasteiger partial charge in [-0.1, -0.05) is 48.0 Å². The second kappa shape index (κ2) is 7.74. The molecule has 0 aliphatic carbocycles. The summed E-state index contributed by atoms with van der Waals surface area (Å²) in [5.41, 5.74) is -0.0105. The number of carbonyl (C=O) groups excluding carboxylic acids is 3. The summed E-state index contributed by atoms with van der Waals surface area (Å²) < 4.78 is 0. The van der Waals surface area contributed by atoms with Crippen molar-refractivity contribution in [2.24, 2.45) is 0 Å². The van der Waals surface area contributed by atoms with Crippen LogP contribution in [0, 0.1) is 11.3 Å². The van der Waals surface area contributed by atoms with E-state index in [1.54, 1.807) is 13.0 Å². The van der Waals surface area contributed by atoms with Gasteiger partial charge in [0.1, 0.15) is 18.2 Å². The van der Waals surface area contributed by atoms with E-state index in [4.69, 9.17) is 16.9 Å². The van der Waals surface area contributed by atoms with Gasteiger partial charge in [0.2, 0.25) is 5.91 Å². The molecule has 1 fully saturated rings. The Morgan fingerprint density at radius 3 is 2.58 bits per heavy atom. The standard InChI is InChI=1S/C23H17ClN4O3/c1-23(17-8-6-14-4-2-3-5-15(14)10-17)21(30)28(22(31)27-23)13-20(29)26-18-9-7-16(12-25)19(24)11-18/h2-11H,13H2,1H3,(H,26,29)(H,27,31)/t23-/m0/s1. The number of hydrogen-bond acceptors (Lipinski definition) is 4. The monoisotopic (exact) mass is 432 g/mol. The highest BCUT2D eigenvalue weighted by Gasteiger charge is 2.49. The molecule has 2 N–H and O–H groups in total. The summed E-state index contributed by atoms with van der Waals surface area (Å²) in [6.45, 7) is 1.17. The zero-order chi connectivity index (χ0) is 22.2. The lowest BCUT2D eigenvalue weighted by atomic mass is 9.90. The minimum Gasteiger partial charge on any atom is -0.324 e.